The van der Waals surface area contributed by atoms with Crippen LogP contribution in [0, 0.1) is 11.3 Å². The van der Waals surface area contributed by atoms with Crippen molar-refractivity contribution in [1.29, 1.82) is 0 Å². The number of carbonyl (C=O) groups is 1. The monoisotopic (exact) mass is 468 g/mol. The molecule has 0 aromatic rings. The Hall–Kier alpha value is -1.37. The number of rotatable bonds is 19. The summed E-state index contributed by atoms with van der Waals surface area (Å²) < 4.78 is 0. The van der Waals surface area contributed by atoms with Crippen molar-refractivity contribution in [1.82, 2.24) is 0 Å². The van der Waals surface area contributed by atoms with Crippen molar-refractivity contribution >= 4 is 5.78 Å². The number of aliphatic hydroxyl groups excluding tert-OH is 3. The van der Waals surface area contributed by atoms with E-state index >= 15 is 0 Å². The van der Waals surface area contributed by atoms with Crippen molar-refractivity contribution < 1.29 is 20.1 Å². The van der Waals surface area contributed by atoms with E-state index in [1.807, 2.05) is 0 Å². The largest absolute Gasteiger partial charge is 0.393 e. The molecule has 0 fully saturated rings. The summed E-state index contributed by atoms with van der Waals surface area (Å²) in [6.07, 6.45) is 14.6. The fraction of sp³-hybridized carbons (Fsp3) is 0.815. The molecule has 33 heavy (non-hydrogen) atoms. The van der Waals surface area contributed by atoms with E-state index in [4.69, 9.17) is 11.5 Å². The maximum atomic E-state index is 13.3. The molecule has 0 bridgehead atoms. The maximum absolute atomic E-state index is 13.3. The van der Waals surface area contributed by atoms with Crippen molar-refractivity contribution in [2.45, 2.75) is 130 Å². The predicted molar refractivity (Wildman–Crippen MR) is 137 cm³/mol. The summed E-state index contributed by atoms with van der Waals surface area (Å²) in [6.45, 7) is 8.30. The SMILES string of the molecule is CCCCCCCCC=CCCCCCC(C(C)O)C(C(=O)C(C)=C(N)N)(C(C)O)C(C)O. The van der Waals surface area contributed by atoms with Gasteiger partial charge in [0.05, 0.1) is 29.5 Å². The quantitative estimate of drug-likeness (QED) is 0.106. The molecule has 0 radical (unpaired) electrons. The average Bonchev–Trinajstić information content (AvgIpc) is 2.74. The fourth-order valence-corrected chi connectivity index (χ4v) is 4.93. The summed E-state index contributed by atoms with van der Waals surface area (Å²) in [5.41, 5.74) is 9.82. The molecule has 0 spiro atoms. The topological polar surface area (TPSA) is 130 Å². The van der Waals surface area contributed by atoms with Crippen LogP contribution >= 0.6 is 0 Å². The number of carbonyl (C=O) groups excluding carboxylic acids is 1. The van der Waals surface area contributed by atoms with E-state index in [0.717, 1.165) is 32.1 Å². The molecule has 0 aromatic carbocycles. The Morgan fingerprint density at radius 2 is 1.27 bits per heavy atom. The van der Waals surface area contributed by atoms with E-state index in [0.29, 0.717) is 6.42 Å². The van der Waals surface area contributed by atoms with E-state index in [9.17, 15) is 20.1 Å². The van der Waals surface area contributed by atoms with Crippen LogP contribution in [0.4, 0.5) is 0 Å². The minimum absolute atomic E-state index is 0.109. The zero-order valence-electron chi connectivity index (χ0n) is 21.9. The van der Waals surface area contributed by atoms with Crippen molar-refractivity contribution in [2.24, 2.45) is 22.8 Å². The summed E-state index contributed by atoms with van der Waals surface area (Å²) in [6, 6.07) is 0. The zero-order chi connectivity index (χ0) is 25.4. The van der Waals surface area contributed by atoms with Crippen LogP contribution in [0.5, 0.6) is 0 Å². The molecule has 0 aliphatic heterocycles. The first-order valence-electron chi connectivity index (χ1n) is 13.0. The highest BCUT2D eigenvalue weighted by atomic mass is 16.3. The Morgan fingerprint density at radius 3 is 1.70 bits per heavy atom. The number of ketones is 1. The summed E-state index contributed by atoms with van der Waals surface area (Å²) >= 11 is 0. The lowest BCUT2D eigenvalue weighted by atomic mass is 9.60. The molecular formula is C27H52N2O4. The first-order chi connectivity index (χ1) is 15.5. The van der Waals surface area contributed by atoms with Crippen LogP contribution in [0.2, 0.25) is 0 Å². The van der Waals surface area contributed by atoms with Crippen molar-refractivity contribution in [3.63, 3.8) is 0 Å². The first kappa shape index (κ1) is 31.6. The molecule has 194 valence electrons. The highest BCUT2D eigenvalue weighted by Crippen LogP contribution is 2.43. The Kier molecular flexibility index (Phi) is 16.4. The van der Waals surface area contributed by atoms with Gasteiger partial charge in [-0.05, 0) is 59.8 Å². The third kappa shape index (κ3) is 10.2. The summed E-state index contributed by atoms with van der Waals surface area (Å²) in [4.78, 5) is 13.3. The summed E-state index contributed by atoms with van der Waals surface area (Å²) in [5, 5.41) is 31.8. The number of allylic oxidation sites excluding steroid dienone is 3. The van der Waals surface area contributed by atoms with Crippen LogP contribution in [0.3, 0.4) is 0 Å². The average molecular weight is 469 g/mol. The normalized spacial score (nSPS) is 17.3. The smallest absolute Gasteiger partial charge is 0.173 e. The fourth-order valence-electron chi connectivity index (χ4n) is 4.93. The lowest BCUT2D eigenvalue weighted by Gasteiger charge is -2.45. The van der Waals surface area contributed by atoms with Crippen molar-refractivity contribution in [3.8, 4) is 0 Å². The number of nitrogens with two attached hydrogens (primary N) is 2. The summed E-state index contributed by atoms with van der Waals surface area (Å²) in [5.74, 6) is -1.26. The van der Waals surface area contributed by atoms with Gasteiger partial charge in [-0.25, -0.2) is 0 Å². The molecule has 4 atom stereocenters. The third-order valence-electron chi connectivity index (χ3n) is 7.02. The molecule has 0 aliphatic rings. The molecule has 0 heterocycles. The molecule has 6 nitrogen and oxygen atoms in total. The molecule has 0 saturated heterocycles. The maximum Gasteiger partial charge on any atom is 0.173 e. The predicted octanol–water partition coefficient (Wildman–Crippen LogP) is 4.71. The Bertz CT molecular complexity index is 585. The first-order valence-corrected chi connectivity index (χ1v) is 13.0. The highest BCUT2D eigenvalue weighted by molar-refractivity contribution is 6.01. The molecule has 0 aliphatic carbocycles. The van der Waals surface area contributed by atoms with Gasteiger partial charge in [0.1, 0.15) is 0 Å². The Balaban J connectivity index is 4.84. The van der Waals surface area contributed by atoms with Crippen LogP contribution in [-0.2, 0) is 4.79 Å². The van der Waals surface area contributed by atoms with Gasteiger partial charge in [-0.2, -0.15) is 0 Å². The van der Waals surface area contributed by atoms with Gasteiger partial charge >= 0.3 is 0 Å². The highest BCUT2D eigenvalue weighted by Gasteiger charge is 2.54. The van der Waals surface area contributed by atoms with Gasteiger partial charge in [-0.15, -0.1) is 0 Å². The molecule has 0 amide bonds. The van der Waals surface area contributed by atoms with Crippen molar-refractivity contribution in [3.05, 3.63) is 23.5 Å². The van der Waals surface area contributed by atoms with E-state index in [2.05, 4.69) is 19.1 Å². The molecule has 7 N–H and O–H groups in total. The second kappa shape index (κ2) is 17.1. The van der Waals surface area contributed by atoms with Crippen LogP contribution < -0.4 is 11.5 Å². The molecule has 0 saturated carbocycles. The van der Waals surface area contributed by atoms with E-state index in [1.54, 1.807) is 6.92 Å². The van der Waals surface area contributed by atoms with Gasteiger partial charge in [0.15, 0.2) is 5.78 Å². The van der Waals surface area contributed by atoms with Crippen LogP contribution in [0.15, 0.2) is 23.5 Å². The van der Waals surface area contributed by atoms with Gasteiger partial charge < -0.3 is 26.8 Å². The van der Waals surface area contributed by atoms with Gasteiger partial charge in [0, 0.05) is 11.5 Å². The number of unbranched alkanes of at least 4 members (excludes halogenated alkanes) is 9. The second-order valence-electron chi connectivity index (χ2n) is 9.71. The van der Waals surface area contributed by atoms with E-state index in [-0.39, 0.29) is 11.4 Å². The zero-order valence-corrected chi connectivity index (χ0v) is 21.9. The number of aliphatic hydroxyl groups is 3. The molecular weight excluding hydrogens is 416 g/mol. The minimum Gasteiger partial charge on any atom is -0.393 e. The number of hydrogen-bond acceptors (Lipinski definition) is 6. The van der Waals surface area contributed by atoms with Gasteiger partial charge in [0.25, 0.3) is 0 Å². The van der Waals surface area contributed by atoms with E-state index in [1.165, 1.54) is 59.3 Å². The van der Waals surface area contributed by atoms with E-state index < -0.39 is 35.4 Å². The Morgan fingerprint density at radius 1 is 0.818 bits per heavy atom. The molecule has 6 heteroatoms. The number of Topliss-reactive ketones (excluding diaryl/α,β-unsaturated/α-hetero) is 1. The molecule has 0 aromatic heterocycles. The minimum atomic E-state index is -1.57. The van der Waals surface area contributed by atoms with Crippen LogP contribution in [-0.4, -0.2) is 39.4 Å². The van der Waals surface area contributed by atoms with Crippen LogP contribution in [0.25, 0.3) is 0 Å². The Labute approximate surface area is 202 Å². The second-order valence-corrected chi connectivity index (χ2v) is 9.71. The lowest BCUT2D eigenvalue weighted by Crippen LogP contribution is -2.57. The van der Waals surface area contributed by atoms with Crippen molar-refractivity contribution in [2.75, 3.05) is 0 Å². The van der Waals surface area contributed by atoms with Gasteiger partial charge in [-0.3, -0.25) is 4.79 Å². The molecule has 0 rings (SSSR count). The van der Waals surface area contributed by atoms with Gasteiger partial charge in [0.2, 0.25) is 0 Å². The third-order valence-corrected chi connectivity index (χ3v) is 7.02. The molecule has 4 unspecified atom stereocenters. The summed E-state index contributed by atoms with van der Waals surface area (Å²) in [7, 11) is 0. The lowest BCUT2D eigenvalue weighted by molar-refractivity contribution is -0.159. The standard InChI is InChI=1S/C27H52N2O4/c1-6-7-8-9-10-11-12-13-14-15-16-17-18-19-24(21(3)30)27(22(4)31,23(5)32)25(33)20(2)26(28)29/h13-14,21-24,30-32H,6-12,15-19,28-29H2,1-5H3. The van der Waals surface area contributed by atoms with Gasteiger partial charge in [-0.1, -0.05) is 64.0 Å². The van der Waals surface area contributed by atoms with Crippen LogP contribution in [0.1, 0.15) is 112 Å². The number of hydrogen-bond donors (Lipinski definition) is 5.